The Kier molecular flexibility index (Phi) is 5.95. The van der Waals surface area contributed by atoms with Crippen LogP contribution in [0.4, 0.5) is 5.95 Å². The van der Waals surface area contributed by atoms with Crippen LogP contribution < -0.4 is 10.1 Å². The molecule has 1 unspecified atom stereocenters. The number of ether oxygens (including phenoxy) is 1. The maximum Gasteiger partial charge on any atom is 0.222 e. The van der Waals surface area contributed by atoms with Crippen LogP contribution in [0.5, 0.6) is 5.75 Å². The highest BCUT2D eigenvalue weighted by Crippen LogP contribution is 2.24. The van der Waals surface area contributed by atoms with Gasteiger partial charge >= 0.3 is 0 Å². The van der Waals surface area contributed by atoms with Gasteiger partial charge in [-0.15, -0.1) is 0 Å². The van der Waals surface area contributed by atoms with Gasteiger partial charge in [0.15, 0.2) is 0 Å². The molecular weight excluding hydrogens is 338 g/mol. The molecule has 2 aromatic heterocycles. The molecule has 0 bridgehead atoms. The standard InChI is InChI=1S/C21H21N5O/c1-15-14-25-21(24-12-10-16-6-8-17(27-2)9-7-16)26-20(15)18(13-22)19-5-3-4-11-23-19/h3-9,11,14,18H,10,12H2,1-2H3,(H,24,25,26). The SMILES string of the molecule is COc1ccc(CCNc2ncc(C)c(C(C#N)c3ccccn3)n2)cc1. The third-order valence-corrected chi connectivity index (χ3v) is 4.25. The molecule has 0 fully saturated rings. The monoisotopic (exact) mass is 359 g/mol. The zero-order valence-electron chi connectivity index (χ0n) is 15.4. The predicted molar refractivity (Wildman–Crippen MR) is 104 cm³/mol. The van der Waals surface area contributed by atoms with Crippen molar-refractivity contribution in [2.24, 2.45) is 0 Å². The van der Waals surface area contributed by atoms with E-state index in [4.69, 9.17) is 4.74 Å². The van der Waals surface area contributed by atoms with Crippen molar-refractivity contribution in [2.75, 3.05) is 19.0 Å². The largest absolute Gasteiger partial charge is 0.497 e. The predicted octanol–water partition coefficient (Wildman–Crippen LogP) is 3.50. The zero-order chi connectivity index (χ0) is 19.1. The molecule has 6 heteroatoms. The molecule has 0 saturated heterocycles. The molecule has 136 valence electrons. The number of methoxy groups -OCH3 is 1. The zero-order valence-corrected chi connectivity index (χ0v) is 15.4. The van der Waals surface area contributed by atoms with E-state index in [0.29, 0.717) is 23.9 Å². The third-order valence-electron chi connectivity index (χ3n) is 4.25. The summed E-state index contributed by atoms with van der Waals surface area (Å²) in [6.07, 6.45) is 4.26. The first-order valence-electron chi connectivity index (χ1n) is 8.72. The van der Waals surface area contributed by atoms with Gasteiger partial charge in [-0.1, -0.05) is 18.2 Å². The molecule has 0 amide bonds. The maximum atomic E-state index is 9.63. The number of pyridine rings is 1. The number of nitriles is 1. The fraction of sp³-hybridized carbons (Fsp3) is 0.238. The first-order valence-corrected chi connectivity index (χ1v) is 8.72. The van der Waals surface area contributed by atoms with Gasteiger partial charge in [-0.25, -0.2) is 9.97 Å². The Bertz CT molecular complexity index is 920. The average Bonchev–Trinajstić information content (AvgIpc) is 2.72. The lowest BCUT2D eigenvalue weighted by Gasteiger charge is -2.13. The van der Waals surface area contributed by atoms with Gasteiger partial charge in [0.05, 0.1) is 24.6 Å². The van der Waals surface area contributed by atoms with E-state index >= 15 is 0 Å². The van der Waals surface area contributed by atoms with Gasteiger partial charge in [-0.2, -0.15) is 5.26 Å². The van der Waals surface area contributed by atoms with Crippen LogP contribution in [-0.4, -0.2) is 28.6 Å². The van der Waals surface area contributed by atoms with Gasteiger partial charge in [0.2, 0.25) is 5.95 Å². The van der Waals surface area contributed by atoms with E-state index in [9.17, 15) is 5.26 Å². The van der Waals surface area contributed by atoms with E-state index in [1.807, 2.05) is 49.4 Å². The number of nitrogens with zero attached hydrogens (tertiary/aromatic N) is 4. The molecule has 2 heterocycles. The number of benzene rings is 1. The van der Waals surface area contributed by atoms with Crippen LogP contribution in [0.15, 0.2) is 54.9 Å². The molecule has 0 radical (unpaired) electrons. The highest BCUT2D eigenvalue weighted by atomic mass is 16.5. The second-order valence-electron chi connectivity index (χ2n) is 6.10. The van der Waals surface area contributed by atoms with E-state index in [1.54, 1.807) is 19.5 Å². The summed E-state index contributed by atoms with van der Waals surface area (Å²) in [4.78, 5) is 13.2. The van der Waals surface area contributed by atoms with Crippen molar-refractivity contribution in [1.29, 1.82) is 5.26 Å². The Labute approximate surface area is 158 Å². The van der Waals surface area contributed by atoms with E-state index in [1.165, 1.54) is 5.56 Å². The normalized spacial score (nSPS) is 11.4. The van der Waals surface area contributed by atoms with Crippen molar-refractivity contribution in [3.05, 3.63) is 77.4 Å². The van der Waals surface area contributed by atoms with Crippen LogP contribution in [0.3, 0.4) is 0 Å². The maximum absolute atomic E-state index is 9.63. The van der Waals surface area contributed by atoms with Gasteiger partial charge < -0.3 is 10.1 Å². The molecule has 0 spiro atoms. The Morgan fingerprint density at radius 1 is 1.15 bits per heavy atom. The Morgan fingerprint density at radius 2 is 1.96 bits per heavy atom. The van der Waals surface area contributed by atoms with E-state index in [0.717, 1.165) is 17.7 Å². The van der Waals surface area contributed by atoms with Crippen LogP contribution in [0.25, 0.3) is 0 Å². The highest BCUT2D eigenvalue weighted by Gasteiger charge is 2.19. The van der Waals surface area contributed by atoms with Crippen molar-refractivity contribution in [1.82, 2.24) is 15.0 Å². The number of anilines is 1. The molecule has 0 saturated carbocycles. The van der Waals surface area contributed by atoms with E-state index < -0.39 is 5.92 Å². The molecule has 3 rings (SSSR count). The number of aromatic nitrogens is 3. The van der Waals surface area contributed by atoms with Gasteiger partial charge in [0.25, 0.3) is 0 Å². The molecule has 0 aliphatic carbocycles. The topological polar surface area (TPSA) is 83.7 Å². The van der Waals surface area contributed by atoms with Gasteiger partial charge in [-0.05, 0) is 48.7 Å². The number of aryl methyl sites for hydroxylation is 1. The number of rotatable bonds is 7. The second-order valence-corrected chi connectivity index (χ2v) is 6.10. The van der Waals surface area contributed by atoms with Crippen molar-refractivity contribution in [3.8, 4) is 11.8 Å². The molecule has 3 aromatic rings. The fourth-order valence-electron chi connectivity index (χ4n) is 2.76. The number of hydrogen-bond donors (Lipinski definition) is 1. The molecule has 0 aliphatic heterocycles. The summed E-state index contributed by atoms with van der Waals surface area (Å²) in [6, 6.07) is 15.8. The van der Waals surface area contributed by atoms with Crippen LogP contribution in [0, 0.1) is 18.3 Å². The average molecular weight is 359 g/mol. The molecule has 0 aliphatic rings. The lowest BCUT2D eigenvalue weighted by Crippen LogP contribution is -2.12. The Morgan fingerprint density at radius 3 is 2.63 bits per heavy atom. The van der Waals surface area contributed by atoms with Gasteiger partial charge in [0.1, 0.15) is 11.7 Å². The van der Waals surface area contributed by atoms with Crippen LogP contribution in [0.2, 0.25) is 0 Å². The second kappa shape index (κ2) is 8.77. The summed E-state index contributed by atoms with van der Waals surface area (Å²) >= 11 is 0. The van der Waals surface area contributed by atoms with Crippen molar-refractivity contribution in [2.45, 2.75) is 19.3 Å². The fourth-order valence-corrected chi connectivity index (χ4v) is 2.76. The quantitative estimate of drug-likeness (QED) is 0.695. The smallest absolute Gasteiger partial charge is 0.222 e. The lowest BCUT2D eigenvalue weighted by atomic mass is 9.99. The molecule has 27 heavy (non-hydrogen) atoms. The summed E-state index contributed by atoms with van der Waals surface area (Å²) in [7, 11) is 1.66. The minimum Gasteiger partial charge on any atom is -0.497 e. The molecular formula is C21H21N5O. The summed E-state index contributed by atoms with van der Waals surface area (Å²) in [5.74, 6) is 0.840. The molecule has 1 atom stereocenters. The van der Waals surface area contributed by atoms with Crippen LogP contribution >= 0.6 is 0 Å². The number of nitrogens with one attached hydrogen (secondary N) is 1. The first kappa shape index (κ1) is 18.3. The molecule has 1 N–H and O–H groups in total. The first-order chi connectivity index (χ1) is 13.2. The molecule has 6 nitrogen and oxygen atoms in total. The highest BCUT2D eigenvalue weighted by molar-refractivity contribution is 5.38. The third kappa shape index (κ3) is 4.59. The van der Waals surface area contributed by atoms with Gasteiger partial charge in [0, 0.05) is 18.9 Å². The summed E-state index contributed by atoms with van der Waals surface area (Å²) < 4.78 is 5.17. The van der Waals surface area contributed by atoms with Crippen LogP contribution in [-0.2, 0) is 6.42 Å². The lowest BCUT2D eigenvalue weighted by molar-refractivity contribution is 0.414. The number of hydrogen-bond acceptors (Lipinski definition) is 6. The van der Waals surface area contributed by atoms with Crippen LogP contribution in [0.1, 0.15) is 28.4 Å². The minimum atomic E-state index is -0.517. The Hall–Kier alpha value is -3.46. The summed E-state index contributed by atoms with van der Waals surface area (Å²) in [6.45, 7) is 2.60. The van der Waals surface area contributed by atoms with Crippen molar-refractivity contribution < 1.29 is 4.74 Å². The van der Waals surface area contributed by atoms with E-state index in [2.05, 4.69) is 26.3 Å². The molecule has 1 aromatic carbocycles. The van der Waals surface area contributed by atoms with Crippen molar-refractivity contribution in [3.63, 3.8) is 0 Å². The summed E-state index contributed by atoms with van der Waals surface area (Å²) in [5, 5.41) is 12.9. The Balaban J connectivity index is 1.70. The minimum absolute atomic E-state index is 0.514. The van der Waals surface area contributed by atoms with E-state index in [-0.39, 0.29) is 0 Å². The van der Waals surface area contributed by atoms with Gasteiger partial charge in [-0.3, -0.25) is 4.98 Å². The van der Waals surface area contributed by atoms with Crippen molar-refractivity contribution >= 4 is 5.95 Å². The summed E-state index contributed by atoms with van der Waals surface area (Å²) in [5.41, 5.74) is 3.43.